The van der Waals surface area contributed by atoms with Crippen LogP contribution in [-0.4, -0.2) is 0 Å². The molecule has 0 aliphatic carbocycles. The van der Waals surface area contributed by atoms with Crippen LogP contribution in [0.3, 0.4) is 0 Å². The Morgan fingerprint density at radius 1 is 0.513 bits per heavy atom. The second kappa shape index (κ2) is 10.2. The third-order valence-electron chi connectivity index (χ3n) is 7.41. The van der Waals surface area contributed by atoms with Gasteiger partial charge in [0, 0.05) is 11.3 Å². The maximum Gasteiger partial charge on any atom is 0.196 e. The number of hydrogen-bond acceptors (Lipinski definition) is 4. The molecule has 2 aliphatic heterocycles. The van der Waals surface area contributed by atoms with Crippen LogP contribution in [0.25, 0.3) is 16.8 Å². The van der Waals surface area contributed by atoms with Crippen molar-refractivity contribution in [2.45, 2.75) is 18.4 Å². The van der Waals surface area contributed by atoms with Crippen molar-refractivity contribution in [3.05, 3.63) is 162 Å². The summed E-state index contributed by atoms with van der Waals surface area (Å²) >= 11 is 0. The van der Waals surface area contributed by atoms with E-state index in [9.17, 15) is 0 Å². The van der Waals surface area contributed by atoms with E-state index in [1.807, 2.05) is 24.3 Å². The van der Waals surface area contributed by atoms with Crippen molar-refractivity contribution >= 4 is 11.4 Å². The molecule has 0 saturated carbocycles. The minimum atomic E-state index is -0.212. The first-order valence-electron chi connectivity index (χ1n) is 13.4. The molecule has 2 heterocycles. The Bertz CT molecular complexity index is 1590. The zero-order valence-corrected chi connectivity index (χ0v) is 21.4. The maximum atomic E-state index is 6.20. The first-order valence-corrected chi connectivity index (χ1v) is 13.4. The average Bonchev–Trinajstić information content (AvgIpc) is 3.47. The van der Waals surface area contributed by atoms with Gasteiger partial charge >= 0.3 is 0 Å². The number of ether oxygens (including phenoxy) is 1. The van der Waals surface area contributed by atoms with E-state index in [2.05, 4.69) is 131 Å². The Morgan fingerprint density at radius 2 is 1.18 bits per heavy atom. The quantitative estimate of drug-likeness (QED) is 0.227. The van der Waals surface area contributed by atoms with E-state index >= 15 is 0 Å². The van der Waals surface area contributed by atoms with Crippen LogP contribution in [0.4, 0.5) is 5.69 Å². The summed E-state index contributed by atoms with van der Waals surface area (Å²) in [6.45, 7) is 0. The van der Waals surface area contributed by atoms with E-state index in [-0.39, 0.29) is 18.4 Å². The van der Waals surface area contributed by atoms with Crippen molar-refractivity contribution in [2.75, 3.05) is 5.32 Å². The highest BCUT2D eigenvalue weighted by Crippen LogP contribution is 2.38. The van der Waals surface area contributed by atoms with E-state index < -0.39 is 0 Å². The molecule has 4 heteroatoms. The van der Waals surface area contributed by atoms with Crippen LogP contribution < -0.4 is 20.7 Å². The van der Waals surface area contributed by atoms with Gasteiger partial charge in [-0.3, -0.25) is 5.32 Å². The summed E-state index contributed by atoms with van der Waals surface area (Å²) in [6.07, 6.45) is 2.00. The van der Waals surface area contributed by atoms with Crippen LogP contribution in [-0.2, 0) is 0 Å². The lowest BCUT2D eigenvalue weighted by Gasteiger charge is -2.33. The minimum Gasteiger partial charge on any atom is -0.464 e. The molecule has 5 aromatic rings. The summed E-state index contributed by atoms with van der Waals surface area (Å²) < 4.78 is 6.20. The Kier molecular flexibility index (Phi) is 6.08. The minimum absolute atomic E-state index is 0.0463. The molecule has 0 radical (unpaired) electrons. The Balaban J connectivity index is 1.19. The SMILES string of the molecule is C1=C(c2ccccc2)NC(c2cccc(C3Nc4ccccc4O3)c2)NC1c1ccc(-c2ccccc2)cc1. The number of fused-ring (bicyclic) bond motifs is 1. The van der Waals surface area contributed by atoms with Crippen molar-refractivity contribution in [1.29, 1.82) is 0 Å². The Hall–Kier alpha value is -4.80. The molecule has 3 unspecified atom stereocenters. The van der Waals surface area contributed by atoms with Crippen LogP contribution in [0.5, 0.6) is 5.75 Å². The molecule has 0 saturated heterocycles. The molecule has 7 rings (SSSR count). The number of benzene rings is 5. The summed E-state index contributed by atoms with van der Waals surface area (Å²) in [4.78, 5) is 0. The van der Waals surface area contributed by atoms with Gasteiger partial charge in [-0.15, -0.1) is 0 Å². The second-order valence-electron chi connectivity index (χ2n) is 9.96. The van der Waals surface area contributed by atoms with Crippen molar-refractivity contribution in [1.82, 2.24) is 10.6 Å². The molecule has 2 aliphatic rings. The van der Waals surface area contributed by atoms with Crippen molar-refractivity contribution in [3.8, 4) is 16.9 Å². The standard InChI is InChI=1S/C35H29N3O/c1-3-10-24(11-4-1)25-18-20-27(21-19-25)32-23-31(26-12-5-2-6-13-26)36-34(37-32)28-14-9-15-29(22-28)35-38-30-16-7-8-17-33(30)39-35/h1-23,32,34-38H. The van der Waals surface area contributed by atoms with Gasteiger partial charge in [-0.1, -0.05) is 115 Å². The van der Waals surface area contributed by atoms with E-state index in [1.165, 1.54) is 22.3 Å². The molecule has 3 N–H and O–H groups in total. The molecular formula is C35H29N3O. The predicted octanol–water partition coefficient (Wildman–Crippen LogP) is 7.83. The van der Waals surface area contributed by atoms with Gasteiger partial charge in [0.05, 0.1) is 11.7 Å². The van der Waals surface area contributed by atoms with E-state index in [0.717, 1.165) is 28.3 Å². The molecule has 0 fully saturated rings. The van der Waals surface area contributed by atoms with Crippen molar-refractivity contribution in [3.63, 3.8) is 0 Å². The normalized spacial score (nSPS) is 19.7. The molecule has 190 valence electrons. The number of para-hydroxylation sites is 2. The maximum absolute atomic E-state index is 6.20. The number of hydrogen-bond donors (Lipinski definition) is 3. The van der Waals surface area contributed by atoms with Gasteiger partial charge in [0.1, 0.15) is 11.9 Å². The van der Waals surface area contributed by atoms with E-state index in [1.54, 1.807) is 0 Å². The molecule has 0 amide bonds. The Labute approximate surface area is 229 Å². The summed E-state index contributed by atoms with van der Waals surface area (Å²) in [6, 6.07) is 46.6. The fraction of sp³-hybridized carbons (Fsp3) is 0.0857. The largest absolute Gasteiger partial charge is 0.464 e. The van der Waals surface area contributed by atoms with Crippen LogP contribution in [0.2, 0.25) is 0 Å². The van der Waals surface area contributed by atoms with Gasteiger partial charge in [-0.05, 0) is 52.1 Å². The highest BCUT2D eigenvalue weighted by atomic mass is 16.5. The van der Waals surface area contributed by atoms with Gasteiger partial charge in [-0.2, -0.15) is 0 Å². The van der Waals surface area contributed by atoms with Gasteiger partial charge in [0.15, 0.2) is 6.23 Å². The lowest BCUT2D eigenvalue weighted by Crippen LogP contribution is -2.39. The smallest absolute Gasteiger partial charge is 0.196 e. The number of nitrogens with one attached hydrogen (secondary N) is 3. The topological polar surface area (TPSA) is 45.3 Å². The fourth-order valence-electron chi connectivity index (χ4n) is 5.36. The molecule has 0 spiro atoms. The molecular weight excluding hydrogens is 478 g/mol. The van der Waals surface area contributed by atoms with Gasteiger partial charge in [0.25, 0.3) is 0 Å². The van der Waals surface area contributed by atoms with Crippen LogP contribution in [0.15, 0.2) is 140 Å². The van der Waals surface area contributed by atoms with Gasteiger partial charge in [0.2, 0.25) is 0 Å². The fourth-order valence-corrected chi connectivity index (χ4v) is 5.36. The first-order chi connectivity index (χ1) is 19.3. The van der Waals surface area contributed by atoms with Crippen molar-refractivity contribution in [2.24, 2.45) is 0 Å². The Morgan fingerprint density at radius 3 is 1.95 bits per heavy atom. The summed E-state index contributed by atoms with van der Waals surface area (Å²) in [5.74, 6) is 0.884. The molecule has 5 aromatic carbocycles. The zero-order chi connectivity index (χ0) is 26.0. The second-order valence-corrected chi connectivity index (χ2v) is 9.96. The number of rotatable bonds is 5. The third-order valence-corrected chi connectivity index (χ3v) is 7.41. The first kappa shape index (κ1) is 23.3. The average molecular weight is 508 g/mol. The molecule has 0 aromatic heterocycles. The zero-order valence-electron chi connectivity index (χ0n) is 21.4. The summed E-state index contributed by atoms with van der Waals surface area (Å²) in [5, 5.41) is 11.1. The van der Waals surface area contributed by atoms with E-state index in [4.69, 9.17) is 4.74 Å². The van der Waals surface area contributed by atoms with Gasteiger partial charge < -0.3 is 15.4 Å². The van der Waals surface area contributed by atoms with Gasteiger partial charge in [-0.25, -0.2) is 0 Å². The lowest BCUT2D eigenvalue weighted by molar-refractivity contribution is 0.259. The van der Waals surface area contributed by atoms with Crippen LogP contribution >= 0.6 is 0 Å². The van der Waals surface area contributed by atoms with E-state index in [0.29, 0.717) is 0 Å². The third kappa shape index (κ3) is 4.78. The molecule has 3 atom stereocenters. The van der Waals surface area contributed by atoms with Crippen LogP contribution in [0, 0.1) is 0 Å². The predicted molar refractivity (Wildman–Crippen MR) is 158 cm³/mol. The highest BCUT2D eigenvalue weighted by molar-refractivity contribution is 5.68. The van der Waals surface area contributed by atoms with Crippen molar-refractivity contribution < 1.29 is 4.74 Å². The molecule has 39 heavy (non-hydrogen) atoms. The highest BCUT2D eigenvalue weighted by Gasteiger charge is 2.27. The molecule has 4 nitrogen and oxygen atoms in total. The summed E-state index contributed by atoms with van der Waals surface area (Å²) in [7, 11) is 0. The molecule has 0 bridgehead atoms. The summed E-state index contributed by atoms with van der Waals surface area (Å²) in [5.41, 5.74) is 9.22. The lowest BCUT2D eigenvalue weighted by atomic mass is 9.96. The monoisotopic (exact) mass is 507 g/mol. The van der Waals surface area contributed by atoms with Crippen LogP contribution in [0.1, 0.15) is 40.7 Å². The number of anilines is 1.